The predicted octanol–water partition coefficient (Wildman–Crippen LogP) is 3.24. The van der Waals surface area contributed by atoms with Crippen LogP contribution in [0.15, 0.2) is 18.2 Å². The second-order valence-corrected chi connectivity index (χ2v) is 5.98. The Balaban J connectivity index is 2.30. The van der Waals surface area contributed by atoms with Gasteiger partial charge < -0.3 is 10.4 Å². The van der Waals surface area contributed by atoms with Crippen molar-refractivity contribution < 1.29 is 14.7 Å². The van der Waals surface area contributed by atoms with Crippen LogP contribution in [0.4, 0.5) is 0 Å². The average molecular weight is 345 g/mol. The molecule has 1 amide bonds. The maximum atomic E-state index is 11.9. The largest absolute Gasteiger partial charge is 0.480 e. The number of aliphatic carboxylic acids is 1. The standard InChI is InChI=1S/C13H10Cl2N2O3S/c1-6-11(12(20)16-5-10(18)19)21-13(17-6)8-3-2-7(14)4-9(8)15/h2-4H,5H2,1H3,(H,16,20)(H,18,19). The number of hydrogen-bond donors (Lipinski definition) is 2. The highest BCUT2D eigenvalue weighted by atomic mass is 35.5. The first-order chi connectivity index (χ1) is 9.88. The highest BCUT2D eigenvalue weighted by Gasteiger charge is 2.18. The lowest BCUT2D eigenvalue weighted by Crippen LogP contribution is -2.29. The summed E-state index contributed by atoms with van der Waals surface area (Å²) in [6, 6.07) is 5.00. The van der Waals surface area contributed by atoms with Gasteiger partial charge in [-0.15, -0.1) is 11.3 Å². The number of aromatic nitrogens is 1. The molecule has 1 aromatic heterocycles. The second kappa shape index (κ2) is 6.43. The number of nitrogens with one attached hydrogen (secondary N) is 1. The Kier molecular flexibility index (Phi) is 4.82. The number of carbonyl (C=O) groups excluding carboxylic acids is 1. The molecule has 0 radical (unpaired) electrons. The number of aryl methyl sites for hydroxylation is 1. The molecule has 2 aromatic rings. The lowest BCUT2D eigenvalue weighted by molar-refractivity contribution is -0.135. The molecule has 0 aliphatic carbocycles. The van der Waals surface area contributed by atoms with Crippen LogP contribution in [-0.2, 0) is 4.79 Å². The van der Waals surface area contributed by atoms with E-state index in [0.717, 1.165) is 11.3 Å². The number of benzene rings is 1. The summed E-state index contributed by atoms with van der Waals surface area (Å²) in [6.07, 6.45) is 0. The predicted molar refractivity (Wildman–Crippen MR) is 82.3 cm³/mol. The van der Waals surface area contributed by atoms with Gasteiger partial charge in [0, 0.05) is 10.6 Å². The third-order valence-electron chi connectivity index (χ3n) is 2.56. The highest BCUT2D eigenvalue weighted by Crippen LogP contribution is 2.34. The van der Waals surface area contributed by atoms with Crippen molar-refractivity contribution in [3.8, 4) is 10.6 Å². The zero-order valence-electron chi connectivity index (χ0n) is 10.8. The Hall–Kier alpha value is -1.63. The summed E-state index contributed by atoms with van der Waals surface area (Å²) in [6.45, 7) is 1.24. The van der Waals surface area contributed by atoms with Crippen LogP contribution in [0.3, 0.4) is 0 Å². The summed E-state index contributed by atoms with van der Waals surface area (Å²) in [5, 5.41) is 12.4. The molecule has 0 unspecified atom stereocenters. The molecule has 0 fully saturated rings. The first-order valence-corrected chi connectivity index (χ1v) is 7.38. The summed E-state index contributed by atoms with van der Waals surface area (Å²) in [5.74, 6) is -1.57. The van der Waals surface area contributed by atoms with E-state index < -0.39 is 18.4 Å². The second-order valence-electron chi connectivity index (χ2n) is 4.13. The lowest BCUT2D eigenvalue weighted by atomic mass is 10.2. The maximum Gasteiger partial charge on any atom is 0.322 e. The van der Waals surface area contributed by atoms with Crippen molar-refractivity contribution in [2.45, 2.75) is 6.92 Å². The molecule has 0 aliphatic rings. The van der Waals surface area contributed by atoms with Gasteiger partial charge in [0.2, 0.25) is 0 Å². The Morgan fingerprint density at radius 1 is 1.38 bits per heavy atom. The minimum absolute atomic E-state index is 0.359. The Labute approximate surface area is 134 Å². The SMILES string of the molecule is Cc1nc(-c2ccc(Cl)cc2Cl)sc1C(=O)NCC(=O)O. The van der Waals surface area contributed by atoms with Gasteiger partial charge in [0.05, 0.1) is 10.7 Å². The van der Waals surface area contributed by atoms with E-state index in [4.69, 9.17) is 28.3 Å². The normalized spacial score (nSPS) is 10.4. The Morgan fingerprint density at radius 3 is 2.71 bits per heavy atom. The molecule has 0 atom stereocenters. The molecule has 1 aromatic carbocycles. The molecule has 0 bridgehead atoms. The Morgan fingerprint density at radius 2 is 2.10 bits per heavy atom. The fraction of sp³-hybridized carbons (Fsp3) is 0.154. The van der Waals surface area contributed by atoms with Gasteiger partial charge in [0.25, 0.3) is 5.91 Å². The molecule has 2 N–H and O–H groups in total. The monoisotopic (exact) mass is 344 g/mol. The number of nitrogens with zero attached hydrogens (tertiary/aromatic N) is 1. The van der Waals surface area contributed by atoms with Crippen molar-refractivity contribution in [1.82, 2.24) is 10.3 Å². The van der Waals surface area contributed by atoms with Crippen molar-refractivity contribution in [2.24, 2.45) is 0 Å². The van der Waals surface area contributed by atoms with Gasteiger partial charge in [-0.1, -0.05) is 23.2 Å². The lowest BCUT2D eigenvalue weighted by Gasteiger charge is -2.00. The van der Waals surface area contributed by atoms with E-state index in [0.29, 0.717) is 31.2 Å². The fourth-order valence-electron chi connectivity index (χ4n) is 1.62. The van der Waals surface area contributed by atoms with E-state index in [1.165, 1.54) is 0 Å². The van der Waals surface area contributed by atoms with Crippen LogP contribution >= 0.6 is 34.5 Å². The number of amides is 1. The molecule has 1 heterocycles. The summed E-state index contributed by atoms with van der Waals surface area (Å²) >= 11 is 13.1. The van der Waals surface area contributed by atoms with Crippen LogP contribution in [0, 0.1) is 6.92 Å². The topological polar surface area (TPSA) is 79.3 Å². The van der Waals surface area contributed by atoms with Gasteiger partial charge >= 0.3 is 5.97 Å². The molecule has 0 saturated heterocycles. The van der Waals surface area contributed by atoms with Crippen LogP contribution in [0.5, 0.6) is 0 Å². The zero-order chi connectivity index (χ0) is 15.6. The van der Waals surface area contributed by atoms with E-state index in [1.54, 1.807) is 25.1 Å². The fourth-order valence-corrected chi connectivity index (χ4v) is 3.20. The van der Waals surface area contributed by atoms with Crippen molar-refractivity contribution >= 4 is 46.4 Å². The summed E-state index contributed by atoms with van der Waals surface area (Å²) in [5.41, 5.74) is 1.19. The van der Waals surface area contributed by atoms with E-state index in [1.807, 2.05) is 0 Å². The molecule has 8 heteroatoms. The first kappa shape index (κ1) is 15.8. The number of carbonyl (C=O) groups is 2. The van der Waals surface area contributed by atoms with Crippen molar-refractivity contribution in [3.63, 3.8) is 0 Å². The third-order valence-corrected chi connectivity index (χ3v) is 4.30. The number of halogens is 2. The molecule has 21 heavy (non-hydrogen) atoms. The number of rotatable bonds is 4. The van der Waals surface area contributed by atoms with Gasteiger partial charge in [-0.25, -0.2) is 4.98 Å². The quantitative estimate of drug-likeness (QED) is 0.892. The van der Waals surface area contributed by atoms with Crippen LogP contribution in [0.25, 0.3) is 10.6 Å². The number of carboxylic acid groups (broad SMARTS) is 1. The van der Waals surface area contributed by atoms with Crippen LogP contribution in [0.2, 0.25) is 10.0 Å². The summed E-state index contributed by atoms with van der Waals surface area (Å²) in [7, 11) is 0. The summed E-state index contributed by atoms with van der Waals surface area (Å²) in [4.78, 5) is 27.0. The molecule has 0 saturated carbocycles. The van der Waals surface area contributed by atoms with Gasteiger partial charge in [-0.2, -0.15) is 0 Å². The van der Waals surface area contributed by atoms with E-state index in [9.17, 15) is 9.59 Å². The highest BCUT2D eigenvalue weighted by molar-refractivity contribution is 7.17. The zero-order valence-corrected chi connectivity index (χ0v) is 13.1. The molecule has 2 rings (SSSR count). The van der Waals surface area contributed by atoms with E-state index in [-0.39, 0.29) is 0 Å². The van der Waals surface area contributed by atoms with Gasteiger partial charge in [0.15, 0.2) is 0 Å². The maximum absolute atomic E-state index is 11.9. The Bertz CT molecular complexity index is 715. The van der Waals surface area contributed by atoms with Gasteiger partial charge in [-0.3, -0.25) is 9.59 Å². The number of hydrogen-bond acceptors (Lipinski definition) is 4. The van der Waals surface area contributed by atoms with Crippen LogP contribution in [0.1, 0.15) is 15.4 Å². The smallest absolute Gasteiger partial charge is 0.322 e. The van der Waals surface area contributed by atoms with E-state index in [2.05, 4.69) is 10.3 Å². The van der Waals surface area contributed by atoms with Crippen molar-refractivity contribution in [1.29, 1.82) is 0 Å². The third kappa shape index (κ3) is 3.72. The number of carboxylic acids is 1. The molecule has 0 aliphatic heterocycles. The van der Waals surface area contributed by atoms with Crippen molar-refractivity contribution in [3.05, 3.63) is 38.8 Å². The van der Waals surface area contributed by atoms with Gasteiger partial charge in [-0.05, 0) is 25.1 Å². The van der Waals surface area contributed by atoms with Gasteiger partial charge in [0.1, 0.15) is 16.4 Å². The van der Waals surface area contributed by atoms with Crippen LogP contribution in [-0.4, -0.2) is 28.5 Å². The van der Waals surface area contributed by atoms with Crippen LogP contribution < -0.4 is 5.32 Å². The minimum Gasteiger partial charge on any atom is -0.480 e. The molecular weight excluding hydrogens is 335 g/mol. The van der Waals surface area contributed by atoms with Crippen molar-refractivity contribution in [2.75, 3.05) is 6.54 Å². The minimum atomic E-state index is -1.11. The average Bonchev–Trinajstić information content (AvgIpc) is 2.77. The number of thiazole rings is 1. The molecular formula is C13H10Cl2N2O3S. The first-order valence-electron chi connectivity index (χ1n) is 5.81. The molecule has 0 spiro atoms. The van der Waals surface area contributed by atoms with E-state index >= 15 is 0 Å². The molecule has 110 valence electrons. The summed E-state index contributed by atoms with van der Waals surface area (Å²) < 4.78 is 0. The molecule has 5 nitrogen and oxygen atoms in total.